The third kappa shape index (κ3) is 5.51. The summed E-state index contributed by atoms with van der Waals surface area (Å²) in [6.45, 7) is 6.02. The second-order valence-electron chi connectivity index (χ2n) is 4.97. The highest BCUT2D eigenvalue weighted by Gasteiger charge is 2.30. The molecule has 0 bridgehead atoms. The van der Waals surface area contributed by atoms with Crippen LogP contribution in [0.5, 0.6) is 0 Å². The molecule has 0 atom stereocenters. The highest BCUT2D eigenvalue weighted by Crippen LogP contribution is 2.30. The minimum absolute atomic E-state index is 0.108. The number of rotatable bonds is 7. The number of aryl methyl sites for hydroxylation is 2. The van der Waals surface area contributed by atoms with Crippen LogP contribution >= 0.6 is 0 Å². The lowest BCUT2D eigenvalue weighted by Gasteiger charge is -2.19. The van der Waals surface area contributed by atoms with E-state index >= 15 is 0 Å². The number of benzene rings is 1. The van der Waals surface area contributed by atoms with Gasteiger partial charge >= 0.3 is 6.18 Å². The Bertz CT molecular complexity index is 418. The Morgan fingerprint density at radius 2 is 1.85 bits per heavy atom. The van der Waals surface area contributed by atoms with E-state index in [0.717, 1.165) is 25.1 Å². The molecular weight excluding hydrogens is 267 g/mol. The summed E-state index contributed by atoms with van der Waals surface area (Å²) in [4.78, 5) is 2.08. The molecule has 0 unspecified atom stereocenters. The lowest BCUT2D eigenvalue weighted by atomic mass is 10.0. The highest BCUT2D eigenvalue weighted by atomic mass is 19.4. The van der Waals surface area contributed by atoms with Gasteiger partial charge in [0.2, 0.25) is 0 Å². The van der Waals surface area contributed by atoms with Crippen LogP contribution in [-0.4, -0.2) is 36.2 Å². The van der Waals surface area contributed by atoms with Crippen LogP contribution in [0.25, 0.3) is 0 Å². The van der Waals surface area contributed by atoms with Crippen molar-refractivity contribution in [2.75, 3.05) is 26.2 Å². The zero-order chi connectivity index (χ0) is 15.2. The van der Waals surface area contributed by atoms with E-state index in [-0.39, 0.29) is 6.61 Å². The zero-order valence-electron chi connectivity index (χ0n) is 12.0. The maximum absolute atomic E-state index is 12.7. The van der Waals surface area contributed by atoms with Crippen molar-refractivity contribution in [1.82, 2.24) is 4.90 Å². The van der Waals surface area contributed by atoms with Crippen LogP contribution in [0.1, 0.15) is 30.0 Å². The van der Waals surface area contributed by atoms with Gasteiger partial charge in [0.25, 0.3) is 0 Å². The van der Waals surface area contributed by atoms with Gasteiger partial charge in [-0.2, -0.15) is 13.2 Å². The second kappa shape index (κ2) is 7.64. The number of aliphatic hydroxyl groups is 1. The molecule has 0 aliphatic heterocycles. The summed E-state index contributed by atoms with van der Waals surface area (Å²) < 4.78 is 38.2. The van der Waals surface area contributed by atoms with E-state index in [9.17, 15) is 13.2 Å². The summed E-state index contributed by atoms with van der Waals surface area (Å²) in [5, 5.41) is 8.88. The number of aliphatic hydroxyl groups excluding tert-OH is 1. The van der Waals surface area contributed by atoms with Crippen LogP contribution in [-0.2, 0) is 12.6 Å². The fourth-order valence-corrected chi connectivity index (χ4v) is 2.25. The molecule has 0 heterocycles. The van der Waals surface area contributed by atoms with Crippen molar-refractivity contribution in [2.24, 2.45) is 0 Å². The zero-order valence-corrected chi connectivity index (χ0v) is 12.0. The predicted octanol–water partition coefficient (Wildman–Crippen LogP) is 3.26. The summed E-state index contributed by atoms with van der Waals surface area (Å²) in [6, 6.07) is 4.21. The summed E-state index contributed by atoms with van der Waals surface area (Å²) in [7, 11) is 0. The van der Waals surface area contributed by atoms with Gasteiger partial charge in [-0.15, -0.1) is 0 Å². The largest absolute Gasteiger partial charge is 0.416 e. The lowest BCUT2D eigenvalue weighted by Crippen LogP contribution is -2.28. The maximum atomic E-state index is 12.7. The average molecular weight is 289 g/mol. The Balaban J connectivity index is 2.62. The number of nitrogens with zero attached hydrogens (tertiary/aromatic N) is 1. The molecule has 0 aliphatic rings. The van der Waals surface area contributed by atoms with Crippen LogP contribution in [0.3, 0.4) is 0 Å². The topological polar surface area (TPSA) is 23.5 Å². The molecule has 0 saturated heterocycles. The summed E-state index contributed by atoms with van der Waals surface area (Å²) in [6.07, 6.45) is -2.88. The smallest absolute Gasteiger partial charge is 0.395 e. The average Bonchev–Trinajstić information content (AvgIpc) is 2.36. The van der Waals surface area contributed by atoms with Crippen LogP contribution < -0.4 is 0 Å². The van der Waals surface area contributed by atoms with Crippen LogP contribution in [0.15, 0.2) is 18.2 Å². The van der Waals surface area contributed by atoms with E-state index in [1.165, 1.54) is 12.1 Å². The normalized spacial score (nSPS) is 12.2. The van der Waals surface area contributed by atoms with Gasteiger partial charge in [0.1, 0.15) is 0 Å². The minimum atomic E-state index is -4.28. The Hall–Kier alpha value is -1.07. The summed E-state index contributed by atoms with van der Waals surface area (Å²) in [5.74, 6) is 0. The second-order valence-corrected chi connectivity index (χ2v) is 4.97. The molecule has 1 rings (SSSR count). The number of hydrogen-bond donors (Lipinski definition) is 1. The number of alkyl halides is 3. The fraction of sp³-hybridized carbons (Fsp3) is 0.600. The molecule has 0 aliphatic carbocycles. The van der Waals surface area contributed by atoms with Gasteiger partial charge in [0, 0.05) is 6.54 Å². The minimum Gasteiger partial charge on any atom is -0.395 e. The quantitative estimate of drug-likeness (QED) is 0.833. The highest BCUT2D eigenvalue weighted by molar-refractivity contribution is 5.31. The van der Waals surface area contributed by atoms with Gasteiger partial charge in [-0.05, 0) is 50.6 Å². The van der Waals surface area contributed by atoms with E-state index in [1.807, 2.05) is 6.92 Å². The van der Waals surface area contributed by atoms with Crippen molar-refractivity contribution < 1.29 is 18.3 Å². The Morgan fingerprint density at radius 1 is 1.15 bits per heavy atom. The van der Waals surface area contributed by atoms with Crippen molar-refractivity contribution in [2.45, 2.75) is 32.9 Å². The summed E-state index contributed by atoms with van der Waals surface area (Å²) >= 11 is 0. The van der Waals surface area contributed by atoms with Gasteiger partial charge < -0.3 is 10.0 Å². The molecule has 1 N–H and O–H groups in total. The molecule has 20 heavy (non-hydrogen) atoms. The molecule has 1 aromatic rings. The van der Waals surface area contributed by atoms with Gasteiger partial charge in [-0.25, -0.2) is 0 Å². The third-order valence-electron chi connectivity index (χ3n) is 3.27. The number of halogens is 3. The molecule has 114 valence electrons. The Morgan fingerprint density at radius 3 is 2.40 bits per heavy atom. The van der Waals surface area contributed by atoms with Crippen molar-refractivity contribution in [1.29, 1.82) is 0 Å². The first-order valence-corrected chi connectivity index (χ1v) is 6.87. The van der Waals surface area contributed by atoms with E-state index in [2.05, 4.69) is 4.90 Å². The predicted molar refractivity (Wildman–Crippen MR) is 73.7 cm³/mol. The maximum Gasteiger partial charge on any atom is 0.416 e. The third-order valence-corrected chi connectivity index (χ3v) is 3.27. The molecule has 0 spiro atoms. The number of hydrogen-bond acceptors (Lipinski definition) is 2. The molecule has 0 aromatic heterocycles. The standard InChI is InChI=1S/C15H22F3NO/c1-3-19(7-8-20)6-4-5-13-9-12(2)10-14(11-13)15(16,17)18/h9-11,20H,3-8H2,1-2H3. The van der Waals surface area contributed by atoms with E-state index in [4.69, 9.17) is 5.11 Å². The van der Waals surface area contributed by atoms with Crippen molar-refractivity contribution in [3.05, 3.63) is 34.9 Å². The number of likely N-dealkylation sites (N-methyl/N-ethyl adjacent to an activating group) is 1. The fourth-order valence-electron chi connectivity index (χ4n) is 2.25. The van der Waals surface area contributed by atoms with E-state index in [0.29, 0.717) is 18.5 Å². The molecule has 1 aromatic carbocycles. The van der Waals surface area contributed by atoms with Crippen LogP contribution in [0.4, 0.5) is 13.2 Å². The Kier molecular flexibility index (Phi) is 6.49. The van der Waals surface area contributed by atoms with Gasteiger partial charge in [-0.1, -0.05) is 18.6 Å². The molecule has 5 heteroatoms. The Labute approximate surface area is 118 Å². The molecule has 0 fully saturated rings. The van der Waals surface area contributed by atoms with E-state index < -0.39 is 11.7 Å². The van der Waals surface area contributed by atoms with Crippen LogP contribution in [0.2, 0.25) is 0 Å². The first-order chi connectivity index (χ1) is 9.36. The van der Waals surface area contributed by atoms with Crippen LogP contribution in [0, 0.1) is 6.92 Å². The molecule has 0 saturated carbocycles. The monoisotopic (exact) mass is 289 g/mol. The first kappa shape index (κ1) is 17.0. The lowest BCUT2D eigenvalue weighted by molar-refractivity contribution is -0.137. The van der Waals surface area contributed by atoms with E-state index in [1.54, 1.807) is 13.0 Å². The molecule has 2 nitrogen and oxygen atoms in total. The van der Waals surface area contributed by atoms with Gasteiger partial charge in [0.05, 0.1) is 12.2 Å². The molecular formula is C15H22F3NO. The van der Waals surface area contributed by atoms with Gasteiger partial charge in [0.15, 0.2) is 0 Å². The van der Waals surface area contributed by atoms with Gasteiger partial charge in [-0.3, -0.25) is 0 Å². The SMILES string of the molecule is CCN(CCO)CCCc1cc(C)cc(C(F)(F)F)c1. The van der Waals surface area contributed by atoms with Crippen molar-refractivity contribution in [3.63, 3.8) is 0 Å². The summed E-state index contributed by atoms with van der Waals surface area (Å²) in [5.41, 5.74) is 0.783. The molecule has 0 radical (unpaired) electrons. The van der Waals surface area contributed by atoms with Crippen molar-refractivity contribution in [3.8, 4) is 0 Å². The first-order valence-electron chi connectivity index (χ1n) is 6.87. The molecule has 0 amide bonds. The van der Waals surface area contributed by atoms with Crippen molar-refractivity contribution >= 4 is 0 Å².